The number of aliphatic hydroxyl groups is 1. The lowest BCUT2D eigenvalue weighted by Crippen LogP contribution is -2.54. The molecule has 18 heavy (non-hydrogen) atoms. The molecule has 0 spiro atoms. The van der Waals surface area contributed by atoms with Gasteiger partial charge < -0.3 is 15.2 Å². The molecule has 3 heterocycles. The maximum atomic E-state index is 10.9. The number of nitrogens with zero attached hydrogens (tertiary/aromatic N) is 2. The first-order valence-electron chi connectivity index (χ1n) is 6.54. The zero-order valence-electron chi connectivity index (χ0n) is 10.6. The number of nitrogens with one attached hydrogen (secondary N) is 1. The molecule has 2 unspecified atom stereocenters. The van der Waals surface area contributed by atoms with Crippen molar-refractivity contribution in [3.8, 4) is 6.01 Å². The van der Waals surface area contributed by atoms with Crippen molar-refractivity contribution in [3.05, 3.63) is 18.0 Å². The van der Waals surface area contributed by atoms with Gasteiger partial charge in [0.2, 0.25) is 0 Å². The van der Waals surface area contributed by atoms with Gasteiger partial charge in [-0.05, 0) is 25.7 Å². The number of piperidine rings is 2. The molecule has 0 radical (unpaired) electrons. The van der Waals surface area contributed by atoms with E-state index in [4.69, 9.17) is 4.74 Å². The summed E-state index contributed by atoms with van der Waals surface area (Å²) in [4.78, 5) is 8.20. The van der Waals surface area contributed by atoms with Crippen LogP contribution < -0.4 is 10.1 Å². The smallest absolute Gasteiger partial charge is 0.316 e. The molecule has 2 aliphatic rings. The number of ether oxygens (including phenoxy) is 1. The van der Waals surface area contributed by atoms with Crippen LogP contribution in [-0.4, -0.2) is 34.3 Å². The van der Waals surface area contributed by atoms with Crippen molar-refractivity contribution in [2.75, 3.05) is 7.11 Å². The van der Waals surface area contributed by atoms with Crippen LogP contribution in [0.2, 0.25) is 0 Å². The minimum Gasteiger partial charge on any atom is -0.467 e. The van der Waals surface area contributed by atoms with Crippen LogP contribution in [-0.2, 0) is 5.60 Å². The zero-order valence-corrected chi connectivity index (χ0v) is 10.6. The summed E-state index contributed by atoms with van der Waals surface area (Å²) in [5, 5.41) is 14.4. The van der Waals surface area contributed by atoms with Gasteiger partial charge in [-0.1, -0.05) is 6.42 Å². The molecule has 0 saturated carbocycles. The third-order valence-corrected chi connectivity index (χ3v) is 4.09. The summed E-state index contributed by atoms with van der Waals surface area (Å²) in [6.45, 7) is 0. The van der Waals surface area contributed by atoms with E-state index in [1.165, 1.54) is 6.42 Å². The standard InChI is InChI=1S/C13H19N3O2/c1-18-12-14-7-9(8-15-12)13(17)5-10-3-2-4-11(6-13)16-10/h7-8,10-11,16-17H,2-6H2,1H3. The molecule has 2 saturated heterocycles. The third-order valence-electron chi connectivity index (χ3n) is 4.09. The Morgan fingerprint density at radius 1 is 1.28 bits per heavy atom. The lowest BCUT2D eigenvalue weighted by atomic mass is 9.74. The number of rotatable bonds is 2. The predicted octanol–water partition coefficient (Wildman–Crippen LogP) is 0.977. The number of fused-ring (bicyclic) bond motifs is 2. The summed E-state index contributed by atoms with van der Waals surface area (Å²) in [5.74, 6) is 0. The maximum Gasteiger partial charge on any atom is 0.316 e. The van der Waals surface area contributed by atoms with Gasteiger partial charge in [0.05, 0.1) is 12.7 Å². The first-order chi connectivity index (χ1) is 8.69. The molecule has 98 valence electrons. The maximum absolute atomic E-state index is 10.9. The summed E-state index contributed by atoms with van der Waals surface area (Å²) < 4.78 is 4.95. The Bertz CT molecular complexity index is 409. The molecule has 2 N–H and O–H groups in total. The average Bonchev–Trinajstić information content (AvgIpc) is 2.38. The van der Waals surface area contributed by atoms with E-state index in [1.54, 1.807) is 19.5 Å². The zero-order chi connectivity index (χ0) is 12.6. The van der Waals surface area contributed by atoms with Crippen LogP contribution in [0, 0.1) is 0 Å². The minimum atomic E-state index is -0.784. The molecule has 0 aromatic carbocycles. The third kappa shape index (κ3) is 2.08. The summed E-state index contributed by atoms with van der Waals surface area (Å²) in [5.41, 5.74) is 0.0227. The fourth-order valence-corrected chi connectivity index (χ4v) is 3.23. The Hall–Kier alpha value is -1.20. The largest absolute Gasteiger partial charge is 0.467 e. The Balaban J connectivity index is 1.84. The minimum absolute atomic E-state index is 0.344. The highest BCUT2D eigenvalue weighted by Gasteiger charge is 2.42. The van der Waals surface area contributed by atoms with Crippen LogP contribution in [0.3, 0.4) is 0 Å². The van der Waals surface area contributed by atoms with E-state index in [0.29, 0.717) is 18.1 Å². The summed E-state index contributed by atoms with van der Waals surface area (Å²) in [7, 11) is 1.54. The van der Waals surface area contributed by atoms with Crippen LogP contribution in [0.15, 0.2) is 12.4 Å². The number of hydrogen-bond acceptors (Lipinski definition) is 5. The Kier molecular flexibility index (Phi) is 2.95. The summed E-state index contributed by atoms with van der Waals surface area (Å²) in [6.07, 6.45) is 8.43. The lowest BCUT2D eigenvalue weighted by molar-refractivity contribution is -0.0364. The van der Waals surface area contributed by atoms with Gasteiger partial charge in [0.1, 0.15) is 0 Å². The van der Waals surface area contributed by atoms with Crippen molar-refractivity contribution >= 4 is 0 Å². The van der Waals surface area contributed by atoms with E-state index >= 15 is 0 Å². The molecule has 3 rings (SSSR count). The molecule has 1 aromatic heterocycles. The molecule has 5 nitrogen and oxygen atoms in total. The molecule has 2 aliphatic heterocycles. The second-order valence-corrected chi connectivity index (χ2v) is 5.39. The molecular weight excluding hydrogens is 230 g/mol. The SMILES string of the molecule is COc1ncc(C2(O)CC3CCCC(C2)N3)cn1. The summed E-state index contributed by atoms with van der Waals surface area (Å²) in [6, 6.07) is 1.19. The van der Waals surface area contributed by atoms with Crippen molar-refractivity contribution < 1.29 is 9.84 Å². The Morgan fingerprint density at radius 3 is 2.44 bits per heavy atom. The second kappa shape index (κ2) is 4.48. The normalized spacial score (nSPS) is 35.2. The van der Waals surface area contributed by atoms with E-state index < -0.39 is 5.60 Å². The van der Waals surface area contributed by atoms with Crippen LogP contribution in [0.25, 0.3) is 0 Å². The highest BCUT2D eigenvalue weighted by Crippen LogP contribution is 2.39. The van der Waals surface area contributed by atoms with E-state index in [0.717, 1.165) is 31.2 Å². The van der Waals surface area contributed by atoms with Gasteiger partial charge >= 0.3 is 6.01 Å². The van der Waals surface area contributed by atoms with Gasteiger partial charge in [-0.15, -0.1) is 0 Å². The van der Waals surface area contributed by atoms with Crippen molar-refractivity contribution in [2.45, 2.75) is 49.8 Å². The van der Waals surface area contributed by atoms with Crippen molar-refractivity contribution in [3.63, 3.8) is 0 Å². The quantitative estimate of drug-likeness (QED) is 0.817. The van der Waals surface area contributed by atoms with Gasteiger partial charge in [-0.3, -0.25) is 0 Å². The van der Waals surface area contributed by atoms with Crippen molar-refractivity contribution in [2.24, 2.45) is 0 Å². The fraction of sp³-hybridized carbons (Fsp3) is 0.692. The van der Waals surface area contributed by atoms with E-state index in [-0.39, 0.29) is 0 Å². The molecule has 0 amide bonds. The van der Waals surface area contributed by atoms with Gasteiger partial charge in [-0.2, -0.15) is 0 Å². The topological polar surface area (TPSA) is 67.3 Å². The molecule has 0 aliphatic carbocycles. The highest BCUT2D eigenvalue weighted by molar-refractivity contribution is 5.19. The van der Waals surface area contributed by atoms with Crippen LogP contribution >= 0.6 is 0 Å². The molecule has 5 heteroatoms. The van der Waals surface area contributed by atoms with Gasteiger partial charge in [0.25, 0.3) is 0 Å². The second-order valence-electron chi connectivity index (χ2n) is 5.39. The number of aromatic nitrogens is 2. The van der Waals surface area contributed by atoms with Crippen LogP contribution in [0.5, 0.6) is 6.01 Å². The molecule has 2 bridgehead atoms. The summed E-state index contributed by atoms with van der Waals surface area (Å²) >= 11 is 0. The highest BCUT2D eigenvalue weighted by atomic mass is 16.5. The molecular formula is C13H19N3O2. The predicted molar refractivity (Wildman–Crippen MR) is 66.3 cm³/mol. The molecule has 1 aromatic rings. The van der Waals surface area contributed by atoms with Crippen molar-refractivity contribution in [1.82, 2.24) is 15.3 Å². The molecule has 2 atom stereocenters. The Labute approximate surface area is 107 Å². The Morgan fingerprint density at radius 2 is 1.89 bits per heavy atom. The molecule has 2 fully saturated rings. The first-order valence-corrected chi connectivity index (χ1v) is 6.54. The van der Waals surface area contributed by atoms with Gasteiger partial charge in [0.15, 0.2) is 0 Å². The number of methoxy groups -OCH3 is 1. The fourth-order valence-electron chi connectivity index (χ4n) is 3.23. The number of hydrogen-bond donors (Lipinski definition) is 2. The van der Waals surface area contributed by atoms with E-state index in [2.05, 4.69) is 15.3 Å². The van der Waals surface area contributed by atoms with Crippen LogP contribution in [0.4, 0.5) is 0 Å². The van der Waals surface area contributed by atoms with E-state index in [9.17, 15) is 5.11 Å². The van der Waals surface area contributed by atoms with Gasteiger partial charge in [0, 0.05) is 30.0 Å². The van der Waals surface area contributed by atoms with Crippen molar-refractivity contribution in [1.29, 1.82) is 0 Å². The van der Waals surface area contributed by atoms with Crippen LogP contribution in [0.1, 0.15) is 37.7 Å². The lowest BCUT2D eigenvalue weighted by Gasteiger charge is -2.45. The monoisotopic (exact) mass is 249 g/mol. The average molecular weight is 249 g/mol. The van der Waals surface area contributed by atoms with Gasteiger partial charge in [-0.25, -0.2) is 9.97 Å². The van der Waals surface area contributed by atoms with E-state index in [1.807, 2.05) is 0 Å². The first kappa shape index (κ1) is 11.9.